The molecule has 1 aliphatic carbocycles. The zero-order valence-electron chi connectivity index (χ0n) is 8.73. The Morgan fingerprint density at radius 1 is 1.20 bits per heavy atom. The number of carboxylic acids is 1. The molecule has 2 nitrogen and oxygen atoms in total. The Hall–Kier alpha value is -1.31. The van der Waals surface area contributed by atoms with Crippen LogP contribution in [0.5, 0.6) is 0 Å². The maximum Gasteiger partial charge on any atom is 0.311 e. The van der Waals surface area contributed by atoms with Crippen molar-refractivity contribution in [3.05, 3.63) is 35.9 Å². The molecule has 1 aliphatic rings. The fourth-order valence-electron chi connectivity index (χ4n) is 2.57. The van der Waals surface area contributed by atoms with Crippen LogP contribution in [0.15, 0.2) is 30.3 Å². The number of carbonyl (C=O) groups is 1. The first-order valence-electron chi connectivity index (χ1n) is 5.57. The van der Waals surface area contributed by atoms with E-state index < -0.39 is 5.97 Å². The minimum atomic E-state index is -0.673. The van der Waals surface area contributed by atoms with Crippen LogP contribution in [-0.4, -0.2) is 11.1 Å². The molecular weight excluding hydrogens is 188 g/mol. The van der Waals surface area contributed by atoms with Gasteiger partial charge in [-0.1, -0.05) is 43.2 Å². The minimum absolute atomic E-state index is 0.298. The smallest absolute Gasteiger partial charge is 0.311 e. The second kappa shape index (κ2) is 4.47. The zero-order valence-corrected chi connectivity index (χ0v) is 8.73. The first-order chi connectivity index (χ1) is 7.29. The SMILES string of the molecule is O=C(O)[C@H](c1ccccc1)C1CCCC1. The van der Waals surface area contributed by atoms with Crippen LogP contribution in [0.4, 0.5) is 0 Å². The summed E-state index contributed by atoms with van der Waals surface area (Å²) in [6.07, 6.45) is 4.49. The van der Waals surface area contributed by atoms with Gasteiger partial charge in [0.2, 0.25) is 0 Å². The Morgan fingerprint density at radius 3 is 2.33 bits per heavy atom. The van der Waals surface area contributed by atoms with Gasteiger partial charge in [-0.2, -0.15) is 0 Å². The molecule has 0 amide bonds. The van der Waals surface area contributed by atoms with Crippen molar-refractivity contribution in [3.8, 4) is 0 Å². The predicted octanol–water partition coefficient (Wildman–Crippen LogP) is 3.05. The van der Waals surface area contributed by atoms with Gasteiger partial charge in [0.05, 0.1) is 5.92 Å². The van der Waals surface area contributed by atoms with E-state index in [2.05, 4.69) is 0 Å². The lowest BCUT2D eigenvalue weighted by atomic mass is 9.85. The molecule has 80 valence electrons. The monoisotopic (exact) mass is 204 g/mol. The molecule has 0 bridgehead atoms. The van der Waals surface area contributed by atoms with Gasteiger partial charge in [-0.3, -0.25) is 4.79 Å². The van der Waals surface area contributed by atoms with Gasteiger partial charge in [0.25, 0.3) is 0 Å². The van der Waals surface area contributed by atoms with Gasteiger partial charge in [-0.05, 0) is 24.3 Å². The van der Waals surface area contributed by atoms with Crippen LogP contribution in [0, 0.1) is 5.92 Å². The fraction of sp³-hybridized carbons (Fsp3) is 0.462. The normalized spacial score (nSPS) is 18.9. The minimum Gasteiger partial charge on any atom is -0.481 e. The highest BCUT2D eigenvalue weighted by Crippen LogP contribution is 2.37. The van der Waals surface area contributed by atoms with Gasteiger partial charge in [0.15, 0.2) is 0 Å². The summed E-state index contributed by atoms with van der Waals surface area (Å²) in [7, 11) is 0. The lowest BCUT2D eigenvalue weighted by Gasteiger charge is -2.19. The molecular formula is C13H16O2. The highest BCUT2D eigenvalue weighted by molar-refractivity contribution is 5.76. The Kier molecular flexibility index (Phi) is 3.05. The summed E-state index contributed by atoms with van der Waals surface area (Å²) in [4.78, 5) is 11.3. The average molecular weight is 204 g/mol. The molecule has 1 fully saturated rings. The molecule has 0 aliphatic heterocycles. The number of hydrogen-bond acceptors (Lipinski definition) is 1. The van der Waals surface area contributed by atoms with Gasteiger partial charge in [0, 0.05) is 0 Å². The predicted molar refractivity (Wildman–Crippen MR) is 58.8 cm³/mol. The molecule has 1 aromatic rings. The Bertz CT molecular complexity index is 326. The number of aliphatic carboxylic acids is 1. The fourth-order valence-corrected chi connectivity index (χ4v) is 2.57. The summed E-state index contributed by atoms with van der Waals surface area (Å²) in [5, 5.41) is 9.29. The molecule has 1 N–H and O–H groups in total. The molecule has 1 atom stereocenters. The van der Waals surface area contributed by atoms with E-state index in [0.29, 0.717) is 5.92 Å². The van der Waals surface area contributed by atoms with E-state index in [4.69, 9.17) is 0 Å². The molecule has 0 heterocycles. The van der Waals surface area contributed by atoms with E-state index in [0.717, 1.165) is 18.4 Å². The van der Waals surface area contributed by atoms with Crippen molar-refractivity contribution in [2.24, 2.45) is 5.92 Å². The van der Waals surface area contributed by atoms with Crippen LogP contribution in [-0.2, 0) is 4.79 Å². The van der Waals surface area contributed by atoms with Gasteiger partial charge in [-0.25, -0.2) is 0 Å². The largest absolute Gasteiger partial charge is 0.481 e. The highest BCUT2D eigenvalue weighted by atomic mass is 16.4. The summed E-state index contributed by atoms with van der Waals surface area (Å²) < 4.78 is 0. The van der Waals surface area contributed by atoms with Crippen LogP contribution in [0.2, 0.25) is 0 Å². The molecule has 0 aromatic heterocycles. The highest BCUT2D eigenvalue weighted by Gasteiger charge is 2.31. The van der Waals surface area contributed by atoms with Crippen molar-refractivity contribution in [2.45, 2.75) is 31.6 Å². The quantitative estimate of drug-likeness (QED) is 0.821. The van der Waals surface area contributed by atoms with Crippen molar-refractivity contribution in [1.82, 2.24) is 0 Å². The topological polar surface area (TPSA) is 37.3 Å². The molecule has 0 spiro atoms. The van der Waals surface area contributed by atoms with Crippen molar-refractivity contribution >= 4 is 5.97 Å². The lowest BCUT2D eigenvalue weighted by molar-refractivity contribution is -0.140. The van der Waals surface area contributed by atoms with Crippen molar-refractivity contribution in [3.63, 3.8) is 0 Å². The van der Waals surface area contributed by atoms with Crippen molar-refractivity contribution in [1.29, 1.82) is 0 Å². The molecule has 0 unspecified atom stereocenters. The van der Waals surface area contributed by atoms with E-state index in [-0.39, 0.29) is 5.92 Å². The molecule has 2 heteroatoms. The molecule has 2 rings (SSSR count). The molecule has 0 saturated heterocycles. The number of benzene rings is 1. The first-order valence-corrected chi connectivity index (χ1v) is 5.57. The average Bonchev–Trinajstić information content (AvgIpc) is 2.72. The lowest BCUT2D eigenvalue weighted by Crippen LogP contribution is -2.19. The molecule has 1 saturated carbocycles. The Morgan fingerprint density at radius 2 is 1.80 bits per heavy atom. The maximum absolute atomic E-state index is 11.3. The number of hydrogen-bond donors (Lipinski definition) is 1. The van der Waals surface area contributed by atoms with Crippen molar-refractivity contribution < 1.29 is 9.90 Å². The second-order valence-corrected chi connectivity index (χ2v) is 4.27. The van der Waals surface area contributed by atoms with E-state index in [1.54, 1.807) is 0 Å². The molecule has 1 aromatic carbocycles. The van der Waals surface area contributed by atoms with Crippen LogP contribution in [0.25, 0.3) is 0 Å². The van der Waals surface area contributed by atoms with Crippen LogP contribution in [0.1, 0.15) is 37.2 Å². The molecule has 15 heavy (non-hydrogen) atoms. The van der Waals surface area contributed by atoms with Crippen molar-refractivity contribution in [2.75, 3.05) is 0 Å². The summed E-state index contributed by atoms with van der Waals surface area (Å²) in [5.74, 6) is -0.633. The number of rotatable bonds is 3. The third-order valence-electron chi connectivity index (χ3n) is 3.30. The summed E-state index contributed by atoms with van der Waals surface area (Å²) in [6.45, 7) is 0. The van der Waals surface area contributed by atoms with Gasteiger partial charge in [-0.15, -0.1) is 0 Å². The Balaban J connectivity index is 2.23. The van der Waals surface area contributed by atoms with E-state index in [9.17, 15) is 9.90 Å². The third-order valence-corrected chi connectivity index (χ3v) is 3.30. The van der Waals surface area contributed by atoms with Crippen LogP contribution < -0.4 is 0 Å². The van der Waals surface area contributed by atoms with E-state index in [1.807, 2.05) is 30.3 Å². The van der Waals surface area contributed by atoms with E-state index >= 15 is 0 Å². The van der Waals surface area contributed by atoms with Gasteiger partial charge >= 0.3 is 5.97 Å². The standard InChI is InChI=1S/C13H16O2/c14-13(15)12(11-8-4-5-9-11)10-6-2-1-3-7-10/h1-3,6-7,11-12H,4-5,8-9H2,(H,14,15)/t12-/m1/s1. The second-order valence-electron chi connectivity index (χ2n) is 4.27. The Labute approximate surface area is 89.9 Å². The number of carboxylic acid groups (broad SMARTS) is 1. The third kappa shape index (κ3) is 2.20. The zero-order chi connectivity index (χ0) is 10.7. The van der Waals surface area contributed by atoms with E-state index in [1.165, 1.54) is 12.8 Å². The summed E-state index contributed by atoms with van der Waals surface area (Å²) >= 11 is 0. The van der Waals surface area contributed by atoms with Gasteiger partial charge < -0.3 is 5.11 Å². The molecule has 0 radical (unpaired) electrons. The summed E-state index contributed by atoms with van der Waals surface area (Å²) in [5.41, 5.74) is 0.955. The van der Waals surface area contributed by atoms with Crippen LogP contribution in [0.3, 0.4) is 0 Å². The maximum atomic E-state index is 11.3. The van der Waals surface area contributed by atoms with Gasteiger partial charge in [0.1, 0.15) is 0 Å². The first kappa shape index (κ1) is 10.2. The summed E-state index contributed by atoms with van der Waals surface area (Å²) in [6, 6.07) is 9.62. The van der Waals surface area contributed by atoms with Crippen LogP contribution >= 0.6 is 0 Å².